The molecular weight excluding hydrogens is 259 g/mol. The van der Waals surface area contributed by atoms with Gasteiger partial charge in [0.2, 0.25) is 0 Å². The number of aromatic hydroxyl groups is 1. The fraction of sp³-hybridized carbons (Fsp3) is 0.0625. The van der Waals surface area contributed by atoms with Crippen LogP contribution in [0, 0.1) is 5.82 Å². The molecule has 0 heterocycles. The van der Waals surface area contributed by atoms with Gasteiger partial charge < -0.3 is 9.84 Å². The number of aldehydes is 1. The Bertz CT molecular complexity index is 646. The minimum atomic E-state index is -0.585. The average Bonchev–Trinajstić information content (AvgIpc) is 2.47. The molecule has 2 aromatic carbocycles. The zero-order valence-electron chi connectivity index (χ0n) is 10.8. The minimum Gasteiger partial charge on any atom is -0.507 e. The molecule has 3 nitrogen and oxygen atoms in total. The van der Waals surface area contributed by atoms with Gasteiger partial charge in [-0.05, 0) is 23.8 Å². The van der Waals surface area contributed by atoms with Crippen molar-refractivity contribution in [1.82, 2.24) is 0 Å². The standard InChI is InChI=1S/C16H13FO3/c1-20-14-6-3-11(4-7-14)2-5-12-8-13(10-18)16(19)9-15(12)17/h2-10,19H,1H3/b5-2+. The van der Waals surface area contributed by atoms with Crippen molar-refractivity contribution in [2.45, 2.75) is 0 Å². The molecule has 20 heavy (non-hydrogen) atoms. The van der Waals surface area contributed by atoms with Crippen LogP contribution in [0.2, 0.25) is 0 Å². The van der Waals surface area contributed by atoms with Crippen LogP contribution < -0.4 is 4.74 Å². The van der Waals surface area contributed by atoms with Crippen molar-refractivity contribution in [3.05, 3.63) is 58.9 Å². The maximum atomic E-state index is 13.6. The summed E-state index contributed by atoms with van der Waals surface area (Å²) in [6.45, 7) is 0. The number of hydrogen-bond acceptors (Lipinski definition) is 3. The summed E-state index contributed by atoms with van der Waals surface area (Å²) in [5.74, 6) is -0.210. The quantitative estimate of drug-likeness (QED) is 0.684. The van der Waals surface area contributed by atoms with Gasteiger partial charge in [-0.1, -0.05) is 24.3 Å². The average molecular weight is 272 g/mol. The minimum absolute atomic E-state index is 0.0563. The number of carbonyl (C=O) groups excluding carboxylic acids is 1. The van der Waals surface area contributed by atoms with E-state index in [2.05, 4.69) is 0 Å². The first-order valence-electron chi connectivity index (χ1n) is 5.94. The van der Waals surface area contributed by atoms with Gasteiger partial charge in [0, 0.05) is 11.6 Å². The number of phenolic OH excluding ortho intramolecular Hbond substituents is 1. The van der Waals surface area contributed by atoms with E-state index in [1.54, 1.807) is 31.4 Å². The molecule has 0 fully saturated rings. The summed E-state index contributed by atoms with van der Waals surface area (Å²) in [5.41, 5.74) is 1.16. The fourth-order valence-corrected chi connectivity index (χ4v) is 1.72. The van der Waals surface area contributed by atoms with Crippen molar-refractivity contribution < 1.29 is 19.0 Å². The first-order valence-corrected chi connectivity index (χ1v) is 5.94. The highest BCUT2D eigenvalue weighted by molar-refractivity contribution is 5.82. The Morgan fingerprint density at radius 2 is 1.80 bits per heavy atom. The monoisotopic (exact) mass is 272 g/mol. The number of methoxy groups -OCH3 is 1. The highest BCUT2D eigenvalue weighted by Gasteiger charge is 2.06. The summed E-state index contributed by atoms with van der Waals surface area (Å²) in [6, 6.07) is 9.48. The third kappa shape index (κ3) is 3.03. The van der Waals surface area contributed by atoms with Crippen LogP contribution in [-0.4, -0.2) is 18.5 Å². The molecule has 0 unspecified atom stereocenters. The SMILES string of the molecule is COc1ccc(/C=C/c2cc(C=O)c(O)cc2F)cc1. The number of hydrogen-bond donors (Lipinski definition) is 1. The molecule has 1 N–H and O–H groups in total. The Hall–Kier alpha value is -2.62. The molecule has 4 heteroatoms. The van der Waals surface area contributed by atoms with E-state index in [-0.39, 0.29) is 16.9 Å². The lowest BCUT2D eigenvalue weighted by Gasteiger charge is -2.02. The highest BCUT2D eigenvalue weighted by atomic mass is 19.1. The van der Waals surface area contributed by atoms with Gasteiger partial charge in [-0.2, -0.15) is 0 Å². The van der Waals surface area contributed by atoms with Crippen molar-refractivity contribution >= 4 is 18.4 Å². The highest BCUT2D eigenvalue weighted by Crippen LogP contribution is 2.22. The summed E-state index contributed by atoms with van der Waals surface area (Å²) in [6.07, 6.45) is 3.74. The zero-order chi connectivity index (χ0) is 14.5. The van der Waals surface area contributed by atoms with E-state index in [1.807, 2.05) is 12.1 Å². The van der Waals surface area contributed by atoms with E-state index in [9.17, 15) is 14.3 Å². The van der Waals surface area contributed by atoms with Crippen LogP contribution in [0.3, 0.4) is 0 Å². The van der Waals surface area contributed by atoms with Gasteiger partial charge in [0.1, 0.15) is 17.3 Å². The molecule has 0 spiro atoms. The third-order valence-electron chi connectivity index (χ3n) is 2.84. The number of halogens is 1. The maximum absolute atomic E-state index is 13.6. The Balaban J connectivity index is 2.28. The van der Waals surface area contributed by atoms with Gasteiger partial charge in [-0.3, -0.25) is 4.79 Å². The zero-order valence-corrected chi connectivity index (χ0v) is 10.8. The van der Waals surface area contributed by atoms with Gasteiger partial charge in [-0.15, -0.1) is 0 Å². The predicted molar refractivity (Wildman–Crippen MR) is 75.4 cm³/mol. The van der Waals surface area contributed by atoms with E-state index in [0.29, 0.717) is 6.29 Å². The lowest BCUT2D eigenvalue weighted by Crippen LogP contribution is -1.88. The lowest BCUT2D eigenvalue weighted by atomic mass is 10.1. The maximum Gasteiger partial charge on any atom is 0.153 e. The molecular formula is C16H13FO3. The second-order valence-electron chi connectivity index (χ2n) is 4.16. The van der Waals surface area contributed by atoms with Crippen LogP contribution in [0.15, 0.2) is 36.4 Å². The van der Waals surface area contributed by atoms with Crippen molar-refractivity contribution in [2.24, 2.45) is 0 Å². The predicted octanol–water partition coefficient (Wildman–Crippen LogP) is 3.52. The molecule has 0 aliphatic carbocycles. The summed E-state index contributed by atoms with van der Waals surface area (Å²) < 4.78 is 18.7. The molecule has 2 rings (SSSR count). The van der Waals surface area contributed by atoms with E-state index < -0.39 is 5.82 Å². The number of ether oxygens (including phenoxy) is 1. The van der Waals surface area contributed by atoms with Gasteiger partial charge in [0.15, 0.2) is 6.29 Å². The Morgan fingerprint density at radius 1 is 1.10 bits per heavy atom. The molecule has 0 aliphatic rings. The van der Waals surface area contributed by atoms with E-state index in [4.69, 9.17) is 4.74 Å². The van der Waals surface area contributed by atoms with Crippen LogP contribution in [0.5, 0.6) is 11.5 Å². The molecule has 0 amide bonds. The van der Waals surface area contributed by atoms with Crippen LogP contribution >= 0.6 is 0 Å². The fourth-order valence-electron chi connectivity index (χ4n) is 1.72. The molecule has 2 aromatic rings. The lowest BCUT2D eigenvalue weighted by molar-refractivity contribution is 0.112. The molecule has 0 saturated heterocycles. The molecule has 0 bridgehead atoms. The van der Waals surface area contributed by atoms with Gasteiger partial charge in [0.25, 0.3) is 0 Å². The van der Waals surface area contributed by atoms with E-state index in [0.717, 1.165) is 17.4 Å². The van der Waals surface area contributed by atoms with Gasteiger partial charge in [-0.25, -0.2) is 4.39 Å². The number of benzene rings is 2. The molecule has 0 saturated carbocycles. The molecule has 0 atom stereocenters. The second-order valence-corrected chi connectivity index (χ2v) is 4.16. The summed E-state index contributed by atoms with van der Waals surface area (Å²) in [4.78, 5) is 10.7. The summed E-state index contributed by atoms with van der Waals surface area (Å²) in [5, 5.41) is 9.35. The van der Waals surface area contributed by atoms with Crippen molar-refractivity contribution in [3.8, 4) is 11.5 Å². The molecule has 0 aromatic heterocycles. The molecule has 102 valence electrons. The third-order valence-corrected chi connectivity index (χ3v) is 2.84. The van der Waals surface area contributed by atoms with Gasteiger partial charge in [0.05, 0.1) is 12.7 Å². The Morgan fingerprint density at radius 3 is 2.40 bits per heavy atom. The Labute approximate surface area is 115 Å². The number of phenols is 1. The van der Waals surface area contributed by atoms with Gasteiger partial charge >= 0.3 is 0 Å². The van der Waals surface area contributed by atoms with Crippen LogP contribution in [0.25, 0.3) is 12.2 Å². The van der Waals surface area contributed by atoms with Crippen molar-refractivity contribution in [1.29, 1.82) is 0 Å². The molecule has 0 aliphatic heterocycles. The topological polar surface area (TPSA) is 46.5 Å². The first kappa shape index (κ1) is 13.8. The smallest absolute Gasteiger partial charge is 0.153 e. The van der Waals surface area contributed by atoms with E-state index >= 15 is 0 Å². The second kappa shape index (κ2) is 6.02. The van der Waals surface area contributed by atoms with Crippen molar-refractivity contribution in [3.63, 3.8) is 0 Å². The summed E-state index contributed by atoms with van der Waals surface area (Å²) in [7, 11) is 1.58. The molecule has 0 radical (unpaired) electrons. The normalized spacial score (nSPS) is 10.7. The van der Waals surface area contributed by atoms with Crippen LogP contribution in [0.4, 0.5) is 4.39 Å². The Kier molecular flexibility index (Phi) is 4.15. The first-order chi connectivity index (χ1) is 9.63. The largest absolute Gasteiger partial charge is 0.507 e. The number of rotatable bonds is 4. The summed E-state index contributed by atoms with van der Waals surface area (Å²) >= 11 is 0. The van der Waals surface area contributed by atoms with Crippen LogP contribution in [-0.2, 0) is 0 Å². The number of carbonyl (C=O) groups is 1. The van der Waals surface area contributed by atoms with Crippen molar-refractivity contribution in [2.75, 3.05) is 7.11 Å². The van der Waals surface area contributed by atoms with E-state index in [1.165, 1.54) is 6.07 Å². The van der Waals surface area contributed by atoms with Crippen LogP contribution in [0.1, 0.15) is 21.5 Å².